The number of amides is 1. The first-order chi connectivity index (χ1) is 15.0. The quantitative estimate of drug-likeness (QED) is 0.359. The van der Waals surface area contributed by atoms with Crippen LogP contribution in [0.4, 0.5) is 0 Å². The minimum atomic E-state index is -0.763. The van der Waals surface area contributed by atoms with Gasteiger partial charge in [-0.05, 0) is 47.3 Å². The Morgan fingerprint density at radius 2 is 1.90 bits per heavy atom. The van der Waals surface area contributed by atoms with Gasteiger partial charge < -0.3 is 19.5 Å². The number of nitrogens with zero attached hydrogens (tertiary/aromatic N) is 2. The Bertz CT molecular complexity index is 1140. The number of aliphatic hydroxyl groups excluding tert-OH is 1. The number of ketones is 1. The van der Waals surface area contributed by atoms with Crippen molar-refractivity contribution in [3.63, 3.8) is 0 Å². The van der Waals surface area contributed by atoms with E-state index in [2.05, 4.69) is 4.98 Å². The maximum absolute atomic E-state index is 13.1. The Labute approximate surface area is 183 Å². The molecule has 31 heavy (non-hydrogen) atoms. The van der Waals surface area contributed by atoms with Crippen molar-refractivity contribution in [1.29, 1.82) is 0 Å². The molecule has 0 radical (unpaired) electrons. The average molecular weight is 436 g/mol. The van der Waals surface area contributed by atoms with E-state index in [-0.39, 0.29) is 23.4 Å². The first-order valence-corrected chi connectivity index (χ1v) is 10.4. The summed E-state index contributed by atoms with van der Waals surface area (Å²) in [4.78, 5) is 32.5. The van der Waals surface area contributed by atoms with Crippen molar-refractivity contribution in [3.8, 4) is 11.5 Å². The molecule has 0 bridgehead atoms. The van der Waals surface area contributed by atoms with Crippen molar-refractivity contribution in [2.75, 3.05) is 14.2 Å². The Morgan fingerprint density at radius 1 is 1.13 bits per heavy atom. The summed E-state index contributed by atoms with van der Waals surface area (Å²) in [5.41, 5.74) is 0.948. The van der Waals surface area contributed by atoms with Crippen LogP contribution in [0.25, 0.3) is 5.76 Å². The second-order valence-corrected chi connectivity index (χ2v) is 7.89. The summed E-state index contributed by atoms with van der Waals surface area (Å²) in [6.07, 6.45) is 3.18. The van der Waals surface area contributed by atoms with Crippen LogP contribution in [-0.4, -0.2) is 40.9 Å². The van der Waals surface area contributed by atoms with E-state index in [0.29, 0.717) is 17.1 Å². The van der Waals surface area contributed by atoms with Crippen molar-refractivity contribution in [3.05, 3.63) is 81.8 Å². The highest BCUT2D eigenvalue weighted by molar-refractivity contribution is 7.09. The second kappa shape index (κ2) is 8.61. The van der Waals surface area contributed by atoms with Crippen molar-refractivity contribution in [2.24, 2.45) is 0 Å². The minimum Gasteiger partial charge on any atom is -0.507 e. The molecule has 1 atom stereocenters. The summed E-state index contributed by atoms with van der Waals surface area (Å²) >= 11 is 1.49. The minimum absolute atomic E-state index is 0.000640. The lowest BCUT2D eigenvalue weighted by atomic mass is 9.95. The zero-order valence-electron chi connectivity index (χ0n) is 16.9. The third-order valence-electron chi connectivity index (χ3n) is 5.13. The fraction of sp³-hybridized carbons (Fsp3) is 0.174. The predicted molar refractivity (Wildman–Crippen MR) is 116 cm³/mol. The number of rotatable bonds is 6. The highest BCUT2D eigenvalue weighted by Gasteiger charge is 2.46. The monoisotopic (exact) mass is 436 g/mol. The van der Waals surface area contributed by atoms with Crippen LogP contribution in [0.15, 0.2) is 65.8 Å². The van der Waals surface area contributed by atoms with Crippen LogP contribution in [0.3, 0.4) is 0 Å². The van der Waals surface area contributed by atoms with Gasteiger partial charge in [-0.25, -0.2) is 0 Å². The van der Waals surface area contributed by atoms with E-state index in [1.165, 1.54) is 30.5 Å². The molecule has 0 aliphatic carbocycles. The van der Waals surface area contributed by atoms with Crippen LogP contribution in [0, 0.1) is 0 Å². The molecule has 1 amide bonds. The smallest absolute Gasteiger partial charge is 0.295 e. The van der Waals surface area contributed by atoms with Gasteiger partial charge in [0.15, 0.2) is 0 Å². The fourth-order valence-electron chi connectivity index (χ4n) is 3.65. The molecule has 1 aromatic carbocycles. The fourth-order valence-corrected chi connectivity index (χ4v) is 4.35. The molecule has 0 saturated carbocycles. The number of methoxy groups -OCH3 is 2. The molecule has 1 aliphatic rings. The normalized spacial score (nSPS) is 17.7. The summed E-state index contributed by atoms with van der Waals surface area (Å²) in [5, 5.41) is 13.2. The Balaban J connectivity index is 1.90. The highest BCUT2D eigenvalue weighted by Crippen LogP contribution is 2.42. The number of Topliss-reactive ketones (excluding diaryl/α,β-unsaturated/α-hetero) is 1. The van der Waals surface area contributed by atoms with E-state index in [1.54, 1.807) is 42.7 Å². The Hall–Kier alpha value is -3.65. The summed E-state index contributed by atoms with van der Waals surface area (Å²) in [6, 6.07) is 11.4. The predicted octanol–water partition coefficient (Wildman–Crippen LogP) is 3.78. The van der Waals surface area contributed by atoms with Crippen LogP contribution >= 0.6 is 11.3 Å². The third kappa shape index (κ3) is 3.77. The van der Waals surface area contributed by atoms with Gasteiger partial charge in [-0.1, -0.05) is 6.07 Å². The average Bonchev–Trinajstić information content (AvgIpc) is 3.41. The number of carbonyl (C=O) groups is 2. The summed E-state index contributed by atoms with van der Waals surface area (Å²) < 4.78 is 10.6. The van der Waals surface area contributed by atoms with Crippen LogP contribution in [0.1, 0.15) is 22.0 Å². The molecule has 2 aromatic heterocycles. The zero-order valence-corrected chi connectivity index (χ0v) is 17.8. The van der Waals surface area contributed by atoms with Crippen LogP contribution < -0.4 is 9.47 Å². The topological polar surface area (TPSA) is 89.0 Å². The number of carbonyl (C=O) groups excluding carboxylic acids is 2. The number of thiophene rings is 1. The lowest BCUT2D eigenvalue weighted by Crippen LogP contribution is -2.28. The molecule has 0 spiro atoms. The number of aromatic nitrogens is 1. The van der Waals surface area contributed by atoms with Crippen molar-refractivity contribution < 1.29 is 24.2 Å². The molecule has 158 valence electrons. The maximum Gasteiger partial charge on any atom is 0.295 e. The van der Waals surface area contributed by atoms with Crippen molar-refractivity contribution >= 4 is 28.8 Å². The molecule has 1 saturated heterocycles. The molecule has 8 heteroatoms. The van der Waals surface area contributed by atoms with Gasteiger partial charge in [-0.3, -0.25) is 14.6 Å². The first kappa shape index (κ1) is 20.6. The molecule has 3 heterocycles. The van der Waals surface area contributed by atoms with Gasteiger partial charge in [0.2, 0.25) is 0 Å². The van der Waals surface area contributed by atoms with E-state index in [1.807, 2.05) is 17.5 Å². The number of likely N-dealkylation sites (tertiary alicyclic amines) is 1. The number of aliphatic hydroxyl groups is 1. The van der Waals surface area contributed by atoms with Crippen molar-refractivity contribution in [1.82, 2.24) is 9.88 Å². The highest BCUT2D eigenvalue weighted by atomic mass is 32.1. The van der Waals surface area contributed by atoms with Crippen LogP contribution in [0.5, 0.6) is 11.5 Å². The van der Waals surface area contributed by atoms with E-state index in [4.69, 9.17) is 9.47 Å². The van der Waals surface area contributed by atoms with Gasteiger partial charge in [-0.15, -0.1) is 11.3 Å². The molecule has 1 unspecified atom stereocenters. The number of pyridine rings is 1. The third-order valence-corrected chi connectivity index (χ3v) is 5.99. The van der Waals surface area contributed by atoms with E-state index in [0.717, 1.165) is 4.88 Å². The number of benzene rings is 1. The van der Waals surface area contributed by atoms with Gasteiger partial charge in [0.05, 0.1) is 37.9 Å². The van der Waals surface area contributed by atoms with E-state index < -0.39 is 17.7 Å². The zero-order chi connectivity index (χ0) is 22.0. The molecular weight excluding hydrogens is 416 g/mol. The van der Waals surface area contributed by atoms with Crippen LogP contribution in [-0.2, 0) is 16.1 Å². The standard InChI is InChI=1S/C23H20N2O5S/c1-29-15-5-6-18(30-2)17(12-15)21(26)19-20(14-7-9-24-10-8-14)25(23(28)22(19)27)13-16-4-3-11-31-16/h3-12,20,26H,13H2,1-2H3/b21-19+. The van der Waals surface area contributed by atoms with Gasteiger partial charge in [0.1, 0.15) is 17.3 Å². The van der Waals surface area contributed by atoms with Gasteiger partial charge in [0, 0.05) is 17.3 Å². The SMILES string of the molecule is COc1ccc(OC)c(/C(O)=C2\C(=O)C(=O)N(Cc3cccs3)C2c2ccncc2)c1. The largest absolute Gasteiger partial charge is 0.507 e. The van der Waals surface area contributed by atoms with Gasteiger partial charge in [-0.2, -0.15) is 0 Å². The summed E-state index contributed by atoms with van der Waals surface area (Å²) in [6.45, 7) is 0.251. The van der Waals surface area contributed by atoms with E-state index >= 15 is 0 Å². The number of ether oxygens (including phenoxy) is 2. The lowest BCUT2D eigenvalue weighted by Gasteiger charge is -2.25. The molecule has 1 N–H and O–H groups in total. The van der Waals surface area contributed by atoms with E-state index in [9.17, 15) is 14.7 Å². The molecule has 7 nitrogen and oxygen atoms in total. The molecule has 1 aliphatic heterocycles. The summed E-state index contributed by atoms with van der Waals surface area (Å²) in [7, 11) is 2.97. The number of hydrogen-bond donors (Lipinski definition) is 1. The summed E-state index contributed by atoms with van der Waals surface area (Å²) in [5.74, 6) is -0.893. The maximum atomic E-state index is 13.1. The second-order valence-electron chi connectivity index (χ2n) is 6.85. The van der Waals surface area contributed by atoms with Gasteiger partial charge >= 0.3 is 0 Å². The first-order valence-electron chi connectivity index (χ1n) is 9.48. The Kier molecular flexibility index (Phi) is 5.73. The van der Waals surface area contributed by atoms with Crippen molar-refractivity contribution in [2.45, 2.75) is 12.6 Å². The van der Waals surface area contributed by atoms with Gasteiger partial charge in [0.25, 0.3) is 11.7 Å². The van der Waals surface area contributed by atoms with Crippen LogP contribution in [0.2, 0.25) is 0 Å². The Morgan fingerprint density at radius 3 is 2.55 bits per heavy atom. The molecule has 3 aromatic rings. The molecule has 1 fully saturated rings. The molecular formula is C23H20N2O5S. The lowest BCUT2D eigenvalue weighted by molar-refractivity contribution is -0.140. The number of hydrogen-bond acceptors (Lipinski definition) is 7. The molecule has 4 rings (SSSR count).